The molecule has 8 nitrogen and oxygen atoms in total. The topological polar surface area (TPSA) is 107 Å². The maximum absolute atomic E-state index is 13.5. The number of fused-ring (bicyclic) bond motifs is 3. The Balaban J connectivity index is 1.14. The number of benzene rings is 2. The lowest BCUT2D eigenvalue weighted by Gasteiger charge is -2.39. The van der Waals surface area contributed by atoms with Crippen molar-refractivity contribution in [3.8, 4) is 11.3 Å². The molecule has 39 heavy (non-hydrogen) atoms. The number of carbonyl (C=O) groups excluding carboxylic acids is 1. The van der Waals surface area contributed by atoms with Gasteiger partial charge in [0.1, 0.15) is 0 Å². The molecule has 2 aromatic heterocycles. The highest BCUT2D eigenvalue weighted by Crippen LogP contribution is 2.40. The molecular formula is C31H34N6O2. The number of nitrogens with one attached hydrogen (secondary N) is 2. The normalized spacial score (nSPS) is 23.8. The number of aromatic nitrogens is 4. The number of rotatable bonds is 6. The third kappa shape index (κ3) is 4.56. The van der Waals surface area contributed by atoms with Gasteiger partial charge in [-0.3, -0.25) is 9.89 Å². The molecule has 3 N–H and O–H groups in total. The molecule has 1 amide bonds. The van der Waals surface area contributed by atoms with Crippen molar-refractivity contribution < 1.29 is 9.90 Å². The summed E-state index contributed by atoms with van der Waals surface area (Å²) in [4.78, 5) is 24.9. The molecule has 2 aromatic carbocycles. The van der Waals surface area contributed by atoms with E-state index in [1.165, 1.54) is 18.5 Å². The van der Waals surface area contributed by atoms with Crippen LogP contribution in [0, 0.1) is 5.92 Å². The highest BCUT2D eigenvalue weighted by molar-refractivity contribution is 6.01. The predicted octanol–water partition coefficient (Wildman–Crippen LogP) is 5.17. The molecular weight excluding hydrogens is 488 g/mol. The third-order valence-electron chi connectivity index (χ3n) is 8.99. The highest BCUT2D eigenvalue weighted by Gasteiger charge is 2.40. The van der Waals surface area contributed by atoms with E-state index in [9.17, 15) is 9.90 Å². The van der Waals surface area contributed by atoms with Crippen LogP contribution in [0.1, 0.15) is 73.6 Å². The Hall–Kier alpha value is -3.78. The number of aliphatic hydroxyl groups excluding tert-OH is 1. The van der Waals surface area contributed by atoms with E-state index in [1.54, 1.807) is 18.5 Å². The molecule has 1 unspecified atom stereocenters. The number of H-pyrrole nitrogens is 1. The summed E-state index contributed by atoms with van der Waals surface area (Å²) in [6, 6.07) is 16.7. The van der Waals surface area contributed by atoms with Gasteiger partial charge in [0.2, 0.25) is 0 Å². The number of hydrogen-bond acceptors (Lipinski definition) is 6. The fraction of sp³-hybridized carbons (Fsp3) is 0.419. The minimum atomic E-state index is -0.195. The zero-order chi connectivity index (χ0) is 26.3. The minimum Gasteiger partial charge on any atom is -0.393 e. The smallest absolute Gasteiger partial charge is 0.251 e. The van der Waals surface area contributed by atoms with E-state index in [4.69, 9.17) is 0 Å². The first-order valence-corrected chi connectivity index (χ1v) is 14.3. The summed E-state index contributed by atoms with van der Waals surface area (Å²) in [6.07, 6.45) is 11.8. The van der Waals surface area contributed by atoms with Gasteiger partial charge in [-0.2, -0.15) is 5.10 Å². The van der Waals surface area contributed by atoms with E-state index in [0.29, 0.717) is 29.4 Å². The second kappa shape index (κ2) is 10.1. The van der Waals surface area contributed by atoms with Crippen LogP contribution in [0.5, 0.6) is 0 Å². The number of anilines is 1. The molecule has 0 radical (unpaired) electrons. The van der Waals surface area contributed by atoms with Gasteiger partial charge in [0, 0.05) is 46.7 Å². The number of carbonyl (C=O) groups is 1. The molecule has 4 aromatic rings. The van der Waals surface area contributed by atoms with Gasteiger partial charge in [0.15, 0.2) is 5.82 Å². The van der Waals surface area contributed by atoms with Crippen LogP contribution in [-0.2, 0) is 0 Å². The first-order valence-electron chi connectivity index (χ1n) is 14.3. The number of nitrogens with zero attached hydrogens (tertiary/aromatic N) is 4. The number of piperidine rings is 1. The van der Waals surface area contributed by atoms with Crippen molar-refractivity contribution in [1.82, 2.24) is 25.5 Å². The molecule has 0 spiro atoms. The Kier molecular flexibility index (Phi) is 6.27. The number of aromatic amines is 1. The SMILES string of the molecule is O=C(NC(c1ncccn1)C1CCCC1)c1ccc2[nH]nc(-c3ccc(N4[C@@H]5CC[C@H]4C[C@H](O)C5)cc3)c2c1. The van der Waals surface area contributed by atoms with Crippen LogP contribution < -0.4 is 10.2 Å². The van der Waals surface area contributed by atoms with Gasteiger partial charge >= 0.3 is 0 Å². The predicted molar refractivity (Wildman–Crippen MR) is 150 cm³/mol. The zero-order valence-electron chi connectivity index (χ0n) is 22.0. The molecule has 2 aliphatic heterocycles. The van der Waals surface area contributed by atoms with E-state index in [0.717, 1.165) is 60.7 Å². The second-order valence-electron chi connectivity index (χ2n) is 11.4. The van der Waals surface area contributed by atoms with Gasteiger partial charge < -0.3 is 15.3 Å². The van der Waals surface area contributed by atoms with Crippen LogP contribution in [0.25, 0.3) is 22.2 Å². The fourth-order valence-electron chi connectivity index (χ4n) is 7.12. The van der Waals surface area contributed by atoms with Crippen LogP contribution in [0.15, 0.2) is 60.9 Å². The van der Waals surface area contributed by atoms with E-state index in [2.05, 4.69) is 54.6 Å². The quantitative estimate of drug-likeness (QED) is 0.322. The maximum Gasteiger partial charge on any atom is 0.251 e. The summed E-state index contributed by atoms with van der Waals surface area (Å²) in [5.41, 5.74) is 4.55. The summed E-state index contributed by atoms with van der Waals surface area (Å²) in [7, 11) is 0. The van der Waals surface area contributed by atoms with Crippen LogP contribution in [-0.4, -0.2) is 49.4 Å². The largest absolute Gasteiger partial charge is 0.393 e. The summed E-state index contributed by atoms with van der Waals surface area (Å²) < 4.78 is 0. The lowest BCUT2D eigenvalue weighted by atomic mass is 9.96. The molecule has 1 saturated carbocycles. The van der Waals surface area contributed by atoms with Gasteiger partial charge in [-0.25, -0.2) is 9.97 Å². The first-order chi connectivity index (χ1) is 19.1. The summed E-state index contributed by atoms with van der Waals surface area (Å²) in [6.45, 7) is 0. The highest BCUT2D eigenvalue weighted by atomic mass is 16.3. The minimum absolute atomic E-state index is 0.119. The Bertz CT molecular complexity index is 1450. The van der Waals surface area contributed by atoms with Gasteiger partial charge in [0.05, 0.1) is 23.4 Å². The van der Waals surface area contributed by atoms with E-state index < -0.39 is 0 Å². The molecule has 8 heteroatoms. The van der Waals surface area contributed by atoms with Gasteiger partial charge in [-0.1, -0.05) is 25.0 Å². The summed E-state index contributed by atoms with van der Waals surface area (Å²) in [5, 5.41) is 22.1. The molecule has 2 saturated heterocycles. The first kappa shape index (κ1) is 24.3. The van der Waals surface area contributed by atoms with Crippen LogP contribution in [0.2, 0.25) is 0 Å². The second-order valence-corrected chi connectivity index (χ2v) is 11.4. The Morgan fingerprint density at radius 1 is 0.974 bits per heavy atom. The monoisotopic (exact) mass is 522 g/mol. The van der Waals surface area contributed by atoms with Crippen molar-refractivity contribution in [3.05, 3.63) is 72.3 Å². The van der Waals surface area contributed by atoms with Gasteiger partial charge in [0.25, 0.3) is 5.91 Å². The number of hydrogen-bond donors (Lipinski definition) is 3. The Morgan fingerprint density at radius 2 is 1.69 bits per heavy atom. The molecule has 4 heterocycles. The van der Waals surface area contributed by atoms with Crippen molar-refractivity contribution >= 4 is 22.5 Å². The maximum atomic E-state index is 13.5. The molecule has 2 bridgehead atoms. The van der Waals surface area contributed by atoms with Crippen molar-refractivity contribution in [2.24, 2.45) is 5.92 Å². The summed E-state index contributed by atoms with van der Waals surface area (Å²) in [5.74, 6) is 0.910. The lowest BCUT2D eigenvalue weighted by molar-refractivity contribution is 0.0919. The number of aliphatic hydroxyl groups is 1. The van der Waals surface area contributed by atoms with Crippen LogP contribution >= 0.6 is 0 Å². The van der Waals surface area contributed by atoms with Crippen molar-refractivity contribution in [2.75, 3.05) is 4.90 Å². The third-order valence-corrected chi connectivity index (χ3v) is 8.99. The lowest BCUT2D eigenvalue weighted by Crippen LogP contribution is -2.44. The van der Waals surface area contributed by atoms with Crippen LogP contribution in [0.3, 0.4) is 0 Å². The van der Waals surface area contributed by atoms with Crippen molar-refractivity contribution in [1.29, 1.82) is 0 Å². The molecule has 1 aliphatic carbocycles. The molecule has 200 valence electrons. The van der Waals surface area contributed by atoms with E-state index >= 15 is 0 Å². The van der Waals surface area contributed by atoms with Crippen molar-refractivity contribution in [3.63, 3.8) is 0 Å². The zero-order valence-corrected chi connectivity index (χ0v) is 22.0. The molecule has 3 fully saturated rings. The van der Waals surface area contributed by atoms with Gasteiger partial charge in [-0.15, -0.1) is 0 Å². The van der Waals surface area contributed by atoms with Gasteiger partial charge in [-0.05, 0) is 80.8 Å². The van der Waals surface area contributed by atoms with E-state index in [-0.39, 0.29) is 18.1 Å². The number of amides is 1. The Labute approximate surface area is 227 Å². The fourth-order valence-corrected chi connectivity index (χ4v) is 7.12. The van der Waals surface area contributed by atoms with E-state index in [1.807, 2.05) is 18.2 Å². The standard InChI is InChI=1S/C31H34N6O2/c38-25-17-23-11-12-24(18-25)37(23)22-9-6-20(7-10-22)28-26-16-21(8-13-27(26)35-36-28)31(39)34-29(19-4-1-2-5-19)30-32-14-3-15-33-30/h3,6-10,13-16,19,23-25,29,38H,1-2,4-5,11-12,17-18H2,(H,34,39)(H,35,36)/t23-,24+,25-,29?. The Morgan fingerprint density at radius 3 is 2.41 bits per heavy atom. The summed E-state index contributed by atoms with van der Waals surface area (Å²) >= 11 is 0. The molecule has 7 rings (SSSR count). The molecule has 3 aliphatic rings. The average molecular weight is 523 g/mol. The van der Waals surface area contributed by atoms with Crippen molar-refractivity contribution in [2.45, 2.75) is 75.6 Å². The van der Waals surface area contributed by atoms with Crippen LogP contribution in [0.4, 0.5) is 5.69 Å². The average Bonchev–Trinajstić information content (AvgIpc) is 3.70. The molecule has 4 atom stereocenters.